The summed E-state index contributed by atoms with van der Waals surface area (Å²) in [5, 5.41) is 0.631. The number of rotatable bonds is 4. The molecule has 20 heavy (non-hydrogen) atoms. The zero-order valence-electron chi connectivity index (χ0n) is 11.6. The van der Waals surface area contributed by atoms with Crippen molar-refractivity contribution in [2.45, 2.75) is 13.3 Å². The summed E-state index contributed by atoms with van der Waals surface area (Å²) in [6, 6.07) is 14.0. The maximum Gasteiger partial charge on any atom is 0.106 e. The zero-order chi connectivity index (χ0) is 14.7. The van der Waals surface area contributed by atoms with Crippen molar-refractivity contribution in [3.8, 4) is 0 Å². The molecule has 104 valence electrons. The third kappa shape index (κ3) is 3.11. The van der Waals surface area contributed by atoms with E-state index in [0.29, 0.717) is 10.0 Å². The molecule has 2 aromatic carbocycles. The number of thiocarbonyl (C=S) groups is 1. The fourth-order valence-electron chi connectivity index (χ4n) is 2.09. The number of benzene rings is 2. The molecular formula is C16H17ClN2S. The maximum absolute atomic E-state index is 6.02. The highest BCUT2D eigenvalue weighted by Gasteiger charge is 2.11. The van der Waals surface area contributed by atoms with Gasteiger partial charge >= 0.3 is 0 Å². The normalized spacial score (nSPS) is 10.3. The minimum absolute atomic E-state index is 0.347. The van der Waals surface area contributed by atoms with E-state index in [9.17, 15) is 0 Å². The van der Waals surface area contributed by atoms with Crippen LogP contribution in [0.15, 0.2) is 42.5 Å². The van der Waals surface area contributed by atoms with Gasteiger partial charge in [-0.3, -0.25) is 0 Å². The summed E-state index contributed by atoms with van der Waals surface area (Å²) in [5.41, 5.74) is 9.93. The Kier molecular flexibility index (Phi) is 4.63. The van der Waals surface area contributed by atoms with Crippen LogP contribution in [0.3, 0.4) is 0 Å². The van der Waals surface area contributed by atoms with Gasteiger partial charge in [0.05, 0.1) is 5.69 Å². The SMILES string of the molecule is CCc1ccc(N(C)c2ccc(Cl)cc2C(N)=S)cc1. The van der Waals surface area contributed by atoms with Crippen molar-refractivity contribution in [1.82, 2.24) is 0 Å². The fraction of sp³-hybridized carbons (Fsp3) is 0.188. The van der Waals surface area contributed by atoms with Gasteiger partial charge in [-0.1, -0.05) is 42.9 Å². The summed E-state index contributed by atoms with van der Waals surface area (Å²) in [7, 11) is 1.99. The number of halogens is 1. The van der Waals surface area contributed by atoms with Gasteiger partial charge in [-0.25, -0.2) is 0 Å². The first-order valence-electron chi connectivity index (χ1n) is 6.45. The molecule has 0 aromatic heterocycles. The Morgan fingerprint density at radius 1 is 1.20 bits per heavy atom. The number of aryl methyl sites for hydroxylation is 1. The van der Waals surface area contributed by atoms with Crippen LogP contribution in [-0.2, 0) is 6.42 Å². The van der Waals surface area contributed by atoms with E-state index < -0.39 is 0 Å². The van der Waals surface area contributed by atoms with Gasteiger partial charge in [-0.2, -0.15) is 0 Å². The summed E-state index contributed by atoms with van der Waals surface area (Å²) >= 11 is 11.1. The van der Waals surface area contributed by atoms with Crippen molar-refractivity contribution in [1.29, 1.82) is 0 Å². The zero-order valence-corrected chi connectivity index (χ0v) is 13.1. The highest BCUT2D eigenvalue weighted by Crippen LogP contribution is 2.29. The molecule has 2 rings (SSSR count). The molecule has 0 bridgehead atoms. The Hall–Kier alpha value is -1.58. The predicted molar refractivity (Wildman–Crippen MR) is 91.2 cm³/mol. The summed E-state index contributed by atoms with van der Waals surface area (Å²) in [5.74, 6) is 0. The van der Waals surface area contributed by atoms with Crippen LogP contribution in [-0.4, -0.2) is 12.0 Å². The van der Waals surface area contributed by atoms with Crippen LogP contribution in [0.2, 0.25) is 5.02 Å². The van der Waals surface area contributed by atoms with Crippen molar-refractivity contribution >= 4 is 40.2 Å². The Labute approximate surface area is 130 Å². The Morgan fingerprint density at radius 2 is 1.85 bits per heavy atom. The van der Waals surface area contributed by atoms with E-state index in [-0.39, 0.29) is 0 Å². The molecule has 0 amide bonds. The van der Waals surface area contributed by atoms with Crippen LogP contribution in [0.25, 0.3) is 0 Å². The third-order valence-electron chi connectivity index (χ3n) is 3.32. The fourth-order valence-corrected chi connectivity index (χ4v) is 2.43. The van der Waals surface area contributed by atoms with Crippen LogP contribution in [0.5, 0.6) is 0 Å². The standard InChI is InChI=1S/C16H17ClN2S/c1-3-11-4-7-13(8-5-11)19(2)15-9-6-12(17)10-14(15)16(18)20/h4-10H,3H2,1-2H3,(H2,18,20). The Morgan fingerprint density at radius 3 is 2.40 bits per heavy atom. The first-order chi connectivity index (χ1) is 9.52. The number of nitrogens with two attached hydrogens (primary N) is 1. The Bertz CT molecular complexity index is 623. The second-order valence-electron chi connectivity index (χ2n) is 4.60. The average molecular weight is 305 g/mol. The maximum atomic E-state index is 6.02. The number of anilines is 2. The highest BCUT2D eigenvalue weighted by molar-refractivity contribution is 7.80. The van der Waals surface area contributed by atoms with E-state index in [1.807, 2.05) is 19.2 Å². The number of hydrogen-bond acceptors (Lipinski definition) is 2. The molecule has 0 heterocycles. The second kappa shape index (κ2) is 6.25. The molecule has 0 spiro atoms. The molecule has 0 fully saturated rings. The average Bonchev–Trinajstić information content (AvgIpc) is 2.46. The third-order valence-corrected chi connectivity index (χ3v) is 3.77. The minimum atomic E-state index is 0.347. The first kappa shape index (κ1) is 14.8. The molecule has 0 saturated heterocycles. The molecule has 2 N–H and O–H groups in total. The van der Waals surface area contributed by atoms with Crippen molar-refractivity contribution in [2.75, 3.05) is 11.9 Å². The van der Waals surface area contributed by atoms with Gasteiger partial charge in [-0.15, -0.1) is 0 Å². The molecule has 0 aliphatic rings. The topological polar surface area (TPSA) is 29.3 Å². The molecule has 0 radical (unpaired) electrons. The van der Waals surface area contributed by atoms with Crippen molar-refractivity contribution in [3.05, 3.63) is 58.6 Å². The number of hydrogen-bond donors (Lipinski definition) is 1. The van der Waals surface area contributed by atoms with Crippen LogP contribution < -0.4 is 10.6 Å². The quantitative estimate of drug-likeness (QED) is 0.854. The summed E-state index contributed by atoms with van der Waals surface area (Å²) in [6.07, 6.45) is 1.03. The largest absolute Gasteiger partial charge is 0.389 e. The van der Waals surface area contributed by atoms with Gasteiger partial charge in [0, 0.05) is 23.3 Å². The predicted octanol–water partition coefficient (Wildman–Crippen LogP) is 4.30. The van der Waals surface area contributed by atoms with Crippen LogP contribution in [0.4, 0.5) is 11.4 Å². The van der Waals surface area contributed by atoms with E-state index in [0.717, 1.165) is 23.4 Å². The minimum Gasteiger partial charge on any atom is -0.389 e. The molecule has 0 aliphatic carbocycles. The lowest BCUT2D eigenvalue weighted by Gasteiger charge is -2.22. The summed E-state index contributed by atoms with van der Waals surface area (Å²) in [6.45, 7) is 2.14. The van der Waals surface area contributed by atoms with Gasteiger partial charge in [0.1, 0.15) is 4.99 Å². The highest BCUT2D eigenvalue weighted by atomic mass is 35.5. The van der Waals surface area contributed by atoms with Crippen molar-refractivity contribution in [2.24, 2.45) is 5.73 Å². The van der Waals surface area contributed by atoms with Crippen LogP contribution in [0.1, 0.15) is 18.1 Å². The van der Waals surface area contributed by atoms with Gasteiger partial charge < -0.3 is 10.6 Å². The first-order valence-corrected chi connectivity index (χ1v) is 7.23. The van der Waals surface area contributed by atoms with Gasteiger partial charge in [0.2, 0.25) is 0 Å². The monoisotopic (exact) mass is 304 g/mol. The van der Waals surface area contributed by atoms with E-state index in [2.05, 4.69) is 36.1 Å². The molecule has 0 atom stereocenters. The molecule has 0 unspecified atom stereocenters. The smallest absolute Gasteiger partial charge is 0.106 e. The van der Waals surface area contributed by atoms with Gasteiger partial charge in [0.25, 0.3) is 0 Å². The van der Waals surface area contributed by atoms with Crippen molar-refractivity contribution < 1.29 is 0 Å². The summed E-state index contributed by atoms with van der Waals surface area (Å²) in [4.78, 5) is 2.41. The second-order valence-corrected chi connectivity index (χ2v) is 5.48. The van der Waals surface area contributed by atoms with Gasteiger partial charge in [0.15, 0.2) is 0 Å². The van der Waals surface area contributed by atoms with Crippen LogP contribution >= 0.6 is 23.8 Å². The molecular weight excluding hydrogens is 288 g/mol. The molecule has 0 saturated carbocycles. The number of nitrogens with zero attached hydrogens (tertiary/aromatic N) is 1. The Balaban J connectivity index is 2.41. The van der Waals surface area contributed by atoms with Crippen LogP contribution in [0, 0.1) is 0 Å². The summed E-state index contributed by atoms with van der Waals surface area (Å²) < 4.78 is 0. The van der Waals surface area contributed by atoms with E-state index in [1.165, 1.54) is 5.56 Å². The molecule has 4 heteroatoms. The molecule has 2 aromatic rings. The van der Waals surface area contributed by atoms with E-state index in [1.54, 1.807) is 6.07 Å². The van der Waals surface area contributed by atoms with Gasteiger partial charge in [-0.05, 0) is 42.3 Å². The lowest BCUT2D eigenvalue weighted by atomic mass is 10.1. The van der Waals surface area contributed by atoms with E-state index in [4.69, 9.17) is 29.6 Å². The molecule has 2 nitrogen and oxygen atoms in total. The van der Waals surface area contributed by atoms with E-state index >= 15 is 0 Å². The lowest BCUT2D eigenvalue weighted by molar-refractivity contribution is 1.13. The molecule has 0 aliphatic heterocycles. The van der Waals surface area contributed by atoms with Crippen molar-refractivity contribution in [3.63, 3.8) is 0 Å². The lowest BCUT2D eigenvalue weighted by Crippen LogP contribution is -2.17.